The van der Waals surface area contributed by atoms with Gasteiger partial charge in [0, 0.05) is 6.04 Å². The van der Waals surface area contributed by atoms with E-state index in [2.05, 4.69) is 9.97 Å². The van der Waals surface area contributed by atoms with Crippen molar-refractivity contribution in [2.75, 3.05) is 11.4 Å². The van der Waals surface area contributed by atoms with E-state index >= 15 is 0 Å². The van der Waals surface area contributed by atoms with E-state index in [-0.39, 0.29) is 23.4 Å². The van der Waals surface area contributed by atoms with Crippen molar-refractivity contribution in [2.24, 2.45) is 5.73 Å². The number of nitrogens with zero attached hydrogens (tertiary/aromatic N) is 3. The summed E-state index contributed by atoms with van der Waals surface area (Å²) in [6.45, 7) is -1.04. The maximum atomic E-state index is 12.4. The van der Waals surface area contributed by atoms with Crippen molar-refractivity contribution in [1.82, 2.24) is 9.97 Å². The van der Waals surface area contributed by atoms with E-state index in [1.54, 1.807) is 0 Å². The predicted molar refractivity (Wildman–Crippen MR) is 59.5 cm³/mol. The number of halogens is 3. The summed E-state index contributed by atoms with van der Waals surface area (Å²) in [4.78, 5) is 8.90. The van der Waals surface area contributed by atoms with Crippen molar-refractivity contribution in [3.63, 3.8) is 0 Å². The Labute approximate surface area is 101 Å². The second-order valence-electron chi connectivity index (χ2n) is 4.15. The summed E-state index contributed by atoms with van der Waals surface area (Å²) in [5, 5.41) is 7.14. The molecule has 1 aliphatic rings. The quantitative estimate of drug-likeness (QED) is 0.631. The van der Waals surface area contributed by atoms with Crippen molar-refractivity contribution >= 4 is 11.7 Å². The Morgan fingerprint density at radius 3 is 2.44 bits per heavy atom. The third-order valence-corrected chi connectivity index (χ3v) is 2.55. The third kappa shape index (κ3) is 3.08. The zero-order chi connectivity index (χ0) is 13.3. The van der Waals surface area contributed by atoms with Crippen molar-refractivity contribution in [2.45, 2.75) is 25.1 Å². The molecule has 8 heteroatoms. The highest BCUT2D eigenvalue weighted by Crippen LogP contribution is 2.33. The first kappa shape index (κ1) is 12.6. The average Bonchev–Trinajstić information content (AvgIpc) is 3.08. The van der Waals surface area contributed by atoms with Gasteiger partial charge in [0.15, 0.2) is 0 Å². The van der Waals surface area contributed by atoms with E-state index in [1.165, 1.54) is 17.3 Å². The molecule has 98 valence electrons. The molecule has 0 amide bonds. The Kier molecular flexibility index (Phi) is 3.10. The molecule has 1 heterocycles. The Morgan fingerprint density at radius 2 is 2.06 bits per heavy atom. The number of amidine groups is 1. The number of alkyl halides is 3. The Balaban J connectivity index is 2.18. The van der Waals surface area contributed by atoms with Crippen LogP contribution < -0.4 is 10.6 Å². The smallest absolute Gasteiger partial charge is 0.382 e. The highest BCUT2D eigenvalue weighted by Gasteiger charge is 2.38. The number of nitrogens with one attached hydrogen (secondary N) is 1. The van der Waals surface area contributed by atoms with E-state index in [9.17, 15) is 13.2 Å². The van der Waals surface area contributed by atoms with Crippen LogP contribution in [0.5, 0.6) is 0 Å². The molecule has 1 aliphatic carbocycles. The van der Waals surface area contributed by atoms with Crippen LogP contribution >= 0.6 is 0 Å². The van der Waals surface area contributed by atoms with Crippen LogP contribution in [-0.2, 0) is 0 Å². The Morgan fingerprint density at radius 1 is 1.39 bits per heavy atom. The number of nitrogens with two attached hydrogens (primary N) is 1. The van der Waals surface area contributed by atoms with E-state index in [0.29, 0.717) is 0 Å². The van der Waals surface area contributed by atoms with Gasteiger partial charge in [-0.2, -0.15) is 13.2 Å². The molecule has 1 aromatic rings. The van der Waals surface area contributed by atoms with Gasteiger partial charge in [0.05, 0.1) is 12.4 Å². The summed E-state index contributed by atoms with van der Waals surface area (Å²) in [7, 11) is 0. The van der Waals surface area contributed by atoms with Crippen molar-refractivity contribution in [1.29, 1.82) is 5.41 Å². The lowest BCUT2D eigenvalue weighted by Crippen LogP contribution is -2.36. The Hall–Kier alpha value is -1.86. The third-order valence-electron chi connectivity index (χ3n) is 2.55. The standard InChI is InChI=1S/C10H12F3N5/c11-10(12,13)5-18(6-1-2-6)8-4-16-7(3-17-8)9(14)15/h3-4,6H,1-2,5H2,(H3,14,15). The lowest BCUT2D eigenvalue weighted by atomic mass is 10.4. The Bertz CT molecular complexity index is 438. The molecule has 1 saturated carbocycles. The SMILES string of the molecule is N=C(N)c1cnc(N(CC(F)(F)F)C2CC2)cn1. The average molecular weight is 259 g/mol. The van der Waals surface area contributed by atoms with Crippen LogP contribution in [0, 0.1) is 5.41 Å². The second-order valence-corrected chi connectivity index (χ2v) is 4.15. The number of aromatic nitrogens is 2. The lowest BCUT2D eigenvalue weighted by Gasteiger charge is -2.24. The second kappa shape index (κ2) is 4.43. The summed E-state index contributed by atoms with van der Waals surface area (Å²) in [6, 6.07) is -0.121. The zero-order valence-electron chi connectivity index (χ0n) is 9.41. The van der Waals surface area contributed by atoms with Crippen LogP contribution in [0.2, 0.25) is 0 Å². The van der Waals surface area contributed by atoms with Gasteiger partial charge in [-0.05, 0) is 12.8 Å². The highest BCUT2D eigenvalue weighted by atomic mass is 19.4. The number of nitrogen functional groups attached to an aromatic ring is 1. The molecule has 0 radical (unpaired) electrons. The van der Waals surface area contributed by atoms with E-state index in [4.69, 9.17) is 11.1 Å². The summed E-state index contributed by atoms with van der Waals surface area (Å²) in [5.74, 6) is -0.0948. The number of rotatable bonds is 4. The van der Waals surface area contributed by atoms with Crippen molar-refractivity contribution in [3.8, 4) is 0 Å². The normalized spacial score (nSPS) is 15.5. The van der Waals surface area contributed by atoms with Crippen LogP contribution in [0.15, 0.2) is 12.4 Å². The summed E-state index contributed by atoms with van der Waals surface area (Å²) < 4.78 is 37.3. The van der Waals surface area contributed by atoms with E-state index in [1.807, 2.05) is 0 Å². The van der Waals surface area contributed by atoms with Crippen LogP contribution in [0.25, 0.3) is 0 Å². The highest BCUT2D eigenvalue weighted by molar-refractivity contribution is 5.92. The largest absolute Gasteiger partial charge is 0.405 e. The topological polar surface area (TPSA) is 78.9 Å². The molecule has 18 heavy (non-hydrogen) atoms. The molecule has 3 N–H and O–H groups in total. The van der Waals surface area contributed by atoms with Gasteiger partial charge in [-0.15, -0.1) is 0 Å². The molecule has 0 spiro atoms. The minimum Gasteiger partial charge on any atom is -0.382 e. The van der Waals surface area contributed by atoms with Crippen LogP contribution in [0.4, 0.5) is 19.0 Å². The maximum absolute atomic E-state index is 12.4. The van der Waals surface area contributed by atoms with Gasteiger partial charge in [-0.1, -0.05) is 0 Å². The molecule has 1 aromatic heterocycles. The fourth-order valence-corrected chi connectivity index (χ4v) is 1.59. The number of hydrogen-bond acceptors (Lipinski definition) is 4. The molecule has 0 aliphatic heterocycles. The van der Waals surface area contributed by atoms with Gasteiger partial charge in [0.2, 0.25) is 0 Å². The van der Waals surface area contributed by atoms with Gasteiger partial charge >= 0.3 is 6.18 Å². The summed E-state index contributed by atoms with van der Waals surface area (Å²) in [5.41, 5.74) is 5.36. The first-order valence-electron chi connectivity index (χ1n) is 5.36. The van der Waals surface area contributed by atoms with E-state index < -0.39 is 12.7 Å². The molecular formula is C10H12F3N5. The molecule has 0 unspecified atom stereocenters. The molecule has 0 atom stereocenters. The van der Waals surface area contributed by atoms with Crippen LogP contribution in [0.3, 0.4) is 0 Å². The maximum Gasteiger partial charge on any atom is 0.405 e. The van der Waals surface area contributed by atoms with Gasteiger partial charge in [0.25, 0.3) is 0 Å². The fraction of sp³-hybridized carbons (Fsp3) is 0.500. The molecule has 2 rings (SSSR count). The molecule has 0 aromatic carbocycles. The van der Waals surface area contributed by atoms with Gasteiger partial charge in [0.1, 0.15) is 23.9 Å². The van der Waals surface area contributed by atoms with Crippen LogP contribution in [0.1, 0.15) is 18.5 Å². The summed E-state index contributed by atoms with van der Waals surface area (Å²) in [6.07, 6.45) is -0.383. The molecule has 1 fully saturated rings. The minimum absolute atomic E-state index is 0.121. The van der Waals surface area contributed by atoms with Gasteiger partial charge in [-0.3, -0.25) is 5.41 Å². The number of hydrogen-bond donors (Lipinski definition) is 2. The minimum atomic E-state index is -4.27. The summed E-state index contributed by atoms with van der Waals surface area (Å²) >= 11 is 0. The lowest BCUT2D eigenvalue weighted by molar-refractivity contribution is -0.120. The zero-order valence-corrected chi connectivity index (χ0v) is 9.41. The first-order valence-corrected chi connectivity index (χ1v) is 5.36. The molecule has 5 nitrogen and oxygen atoms in total. The van der Waals surface area contributed by atoms with Gasteiger partial charge in [-0.25, -0.2) is 9.97 Å². The number of anilines is 1. The molecular weight excluding hydrogens is 247 g/mol. The van der Waals surface area contributed by atoms with Crippen LogP contribution in [-0.4, -0.2) is 34.6 Å². The fourth-order valence-electron chi connectivity index (χ4n) is 1.59. The molecule has 0 saturated heterocycles. The monoisotopic (exact) mass is 259 g/mol. The van der Waals surface area contributed by atoms with Crippen molar-refractivity contribution < 1.29 is 13.2 Å². The molecule has 0 bridgehead atoms. The first-order chi connectivity index (χ1) is 8.37. The predicted octanol–water partition coefficient (Wildman–Crippen LogP) is 1.29. The van der Waals surface area contributed by atoms with Crippen molar-refractivity contribution in [3.05, 3.63) is 18.1 Å². The van der Waals surface area contributed by atoms with E-state index in [0.717, 1.165) is 12.8 Å². The van der Waals surface area contributed by atoms with Gasteiger partial charge < -0.3 is 10.6 Å².